The highest BCUT2D eigenvalue weighted by atomic mass is 79.9. The van der Waals surface area contributed by atoms with Gasteiger partial charge < -0.3 is 9.88 Å². The average Bonchev–Trinajstić information content (AvgIpc) is 2.83. The molecule has 0 aliphatic heterocycles. The molecule has 1 N–H and O–H groups in total. The molecule has 94 valence electrons. The SMILES string of the molecule is CN(CCc1ccncc1)C(=O)c1cc(Br)c[nH]1. The van der Waals surface area contributed by atoms with E-state index in [0.29, 0.717) is 12.2 Å². The fourth-order valence-corrected chi connectivity index (χ4v) is 1.99. The number of nitrogens with one attached hydrogen (secondary N) is 1. The standard InChI is InChI=1S/C13H14BrN3O/c1-17(7-4-10-2-5-15-6-3-10)13(18)12-8-11(14)9-16-12/h2-3,5-6,8-9,16H,4,7H2,1H3. The minimum absolute atomic E-state index is 0.00486. The Morgan fingerprint density at radius 2 is 2.17 bits per heavy atom. The first-order chi connectivity index (χ1) is 8.66. The molecule has 0 saturated heterocycles. The highest BCUT2D eigenvalue weighted by Gasteiger charge is 2.12. The van der Waals surface area contributed by atoms with Gasteiger partial charge in [0.1, 0.15) is 5.69 Å². The van der Waals surface area contributed by atoms with Gasteiger partial charge >= 0.3 is 0 Å². The zero-order valence-corrected chi connectivity index (χ0v) is 11.6. The van der Waals surface area contributed by atoms with E-state index in [1.54, 1.807) is 36.6 Å². The van der Waals surface area contributed by atoms with Crippen LogP contribution in [0.25, 0.3) is 0 Å². The molecule has 0 bridgehead atoms. The molecule has 0 radical (unpaired) electrons. The molecular formula is C13H14BrN3O. The number of likely N-dealkylation sites (N-methyl/N-ethyl adjacent to an activating group) is 1. The molecule has 0 spiro atoms. The third-order valence-corrected chi connectivity index (χ3v) is 3.17. The summed E-state index contributed by atoms with van der Waals surface area (Å²) >= 11 is 3.32. The van der Waals surface area contributed by atoms with Crippen LogP contribution in [-0.2, 0) is 6.42 Å². The number of pyridine rings is 1. The highest BCUT2D eigenvalue weighted by Crippen LogP contribution is 2.12. The molecule has 2 heterocycles. The zero-order valence-electron chi connectivity index (χ0n) is 10.1. The molecule has 1 amide bonds. The number of rotatable bonds is 4. The van der Waals surface area contributed by atoms with Crippen molar-refractivity contribution in [1.82, 2.24) is 14.9 Å². The van der Waals surface area contributed by atoms with E-state index in [0.717, 1.165) is 10.9 Å². The van der Waals surface area contributed by atoms with Gasteiger partial charge in [-0.15, -0.1) is 0 Å². The van der Waals surface area contributed by atoms with Gasteiger partial charge in [-0.25, -0.2) is 0 Å². The average molecular weight is 308 g/mol. The fourth-order valence-electron chi connectivity index (χ4n) is 1.64. The minimum atomic E-state index is -0.00486. The highest BCUT2D eigenvalue weighted by molar-refractivity contribution is 9.10. The second-order valence-corrected chi connectivity index (χ2v) is 4.98. The summed E-state index contributed by atoms with van der Waals surface area (Å²) < 4.78 is 0.883. The summed E-state index contributed by atoms with van der Waals surface area (Å²) in [5, 5.41) is 0. The Hall–Kier alpha value is -1.62. The van der Waals surface area contributed by atoms with Crippen molar-refractivity contribution in [1.29, 1.82) is 0 Å². The first kappa shape index (κ1) is 12.8. The minimum Gasteiger partial charge on any atom is -0.356 e. The number of aromatic amines is 1. The van der Waals surface area contributed by atoms with E-state index in [-0.39, 0.29) is 5.91 Å². The molecule has 0 saturated carbocycles. The lowest BCUT2D eigenvalue weighted by Gasteiger charge is -2.16. The summed E-state index contributed by atoms with van der Waals surface area (Å²) in [6.07, 6.45) is 6.11. The summed E-state index contributed by atoms with van der Waals surface area (Å²) in [5.74, 6) is -0.00486. The number of carbonyl (C=O) groups is 1. The maximum absolute atomic E-state index is 12.0. The van der Waals surface area contributed by atoms with Gasteiger partial charge in [-0.3, -0.25) is 9.78 Å². The van der Waals surface area contributed by atoms with Crippen LogP contribution in [0.4, 0.5) is 0 Å². The van der Waals surface area contributed by atoms with E-state index in [2.05, 4.69) is 25.9 Å². The summed E-state index contributed by atoms with van der Waals surface area (Å²) in [4.78, 5) is 20.7. The van der Waals surface area contributed by atoms with Gasteiger partial charge in [0.2, 0.25) is 0 Å². The molecule has 0 unspecified atom stereocenters. The van der Waals surface area contributed by atoms with Crippen LogP contribution in [0.1, 0.15) is 16.1 Å². The van der Waals surface area contributed by atoms with Crippen molar-refractivity contribution in [2.45, 2.75) is 6.42 Å². The maximum atomic E-state index is 12.0. The summed E-state index contributed by atoms with van der Waals surface area (Å²) in [5.41, 5.74) is 1.77. The number of nitrogens with zero attached hydrogens (tertiary/aromatic N) is 2. The molecule has 2 aromatic heterocycles. The molecular weight excluding hydrogens is 294 g/mol. The lowest BCUT2D eigenvalue weighted by Crippen LogP contribution is -2.29. The van der Waals surface area contributed by atoms with Crippen molar-refractivity contribution in [3.63, 3.8) is 0 Å². The molecule has 2 rings (SSSR count). The molecule has 0 aliphatic rings. The largest absolute Gasteiger partial charge is 0.356 e. The van der Waals surface area contributed by atoms with Crippen molar-refractivity contribution >= 4 is 21.8 Å². The van der Waals surface area contributed by atoms with Crippen LogP contribution < -0.4 is 0 Å². The lowest BCUT2D eigenvalue weighted by molar-refractivity contribution is 0.0791. The van der Waals surface area contributed by atoms with Gasteiger partial charge in [0.15, 0.2) is 0 Å². The maximum Gasteiger partial charge on any atom is 0.270 e. The fraction of sp³-hybridized carbons (Fsp3) is 0.231. The van der Waals surface area contributed by atoms with E-state index in [9.17, 15) is 4.79 Å². The van der Waals surface area contributed by atoms with Crippen LogP contribution in [0.5, 0.6) is 0 Å². The van der Waals surface area contributed by atoms with Crippen LogP contribution in [0, 0.1) is 0 Å². The Kier molecular flexibility index (Phi) is 4.15. The van der Waals surface area contributed by atoms with Crippen LogP contribution >= 0.6 is 15.9 Å². The van der Waals surface area contributed by atoms with E-state index in [1.807, 2.05) is 12.1 Å². The molecule has 2 aromatic rings. The van der Waals surface area contributed by atoms with Gasteiger partial charge in [-0.2, -0.15) is 0 Å². The molecule has 0 fully saturated rings. The van der Waals surface area contributed by atoms with Gasteiger partial charge in [0.25, 0.3) is 5.91 Å². The van der Waals surface area contributed by atoms with Gasteiger partial charge in [0, 0.05) is 36.7 Å². The van der Waals surface area contributed by atoms with Gasteiger partial charge in [-0.05, 0) is 46.1 Å². The Morgan fingerprint density at radius 1 is 1.44 bits per heavy atom. The van der Waals surface area contributed by atoms with Crippen molar-refractivity contribution in [3.05, 3.63) is 52.5 Å². The third-order valence-electron chi connectivity index (χ3n) is 2.71. The van der Waals surface area contributed by atoms with Crippen LogP contribution in [0.2, 0.25) is 0 Å². The van der Waals surface area contributed by atoms with Crippen molar-refractivity contribution in [2.24, 2.45) is 0 Å². The first-order valence-electron chi connectivity index (χ1n) is 5.65. The van der Waals surface area contributed by atoms with Crippen molar-refractivity contribution in [3.8, 4) is 0 Å². The Morgan fingerprint density at radius 3 is 2.78 bits per heavy atom. The van der Waals surface area contributed by atoms with Gasteiger partial charge in [0.05, 0.1) is 0 Å². The number of halogens is 1. The topological polar surface area (TPSA) is 49.0 Å². The van der Waals surface area contributed by atoms with Crippen molar-refractivity contribution < 1.29 is 4.79 Å². The van der Waals surface area contributed by atoms with Crippen molar-refractivity contribution in [2.75, 3.05) is 13.6 Å². The predicted molar refractivity (Wildman–Crippen MR) is 73.4 cm³/mol. The van der Waals surface area contributed by atoms with Crippen LogP contribution in [0.15, 0.2) is 41.3 Å². The molecule has 0 aromatic carbocycles. The van der Waals surface area contributed by atoms with E-state index in [4.69, 9.17) is 0 Å². The first-order valence-corrected chi connectivity index (χ1v) is 6.44. The van der Waals surface area contributed by atoms with Gasteiger partial charge in [-0.1, -0.05) is 0 Å². The second kappa shape index (κ2) is 5.82. The predicted octanol–water partition coefficient (Wildman–Crippen LogP) is 2.49. The Balaban J connectivity index is 1.92. The third kappa shape index (κ3) is 3.20. The quantitative estimate of drug-likeness (QED) is 0.943. The zero-order chi connectivity index (χ0) is 13.0. The summed E-state index contributed by atoms with van der Waals surface area (Å²) in [6.45, 7) is 0.680. The summed E-state index contributed by atoms with van der Waals surface area (Å²) in [6, 6.07) is 5.71. The monoisotopic (exact) mass is 307 g/mol. The second-order valence-electron chi connectivity index (χ2n) is 4.06. The van der Waals surface area contributed by atoms with E-state index in [1.165, 1.54) is 5.56 Å². The number of hydrogen-bond acceptors (Lipinski definition) is 2. The summed E-state index contributed by atoms with van der Waals surface area (Å²) in [7, 11) is 1.80. The lowest BCUT2D eigenvalue weighted by atomic mass is 10.2. The van der Waals surface area contributed by atoms with E-state index < -0.39 is 0 Å². The molecule has 0 atom stereocenters. The number of amides is 1. The number of H-pyrrole nitrogens is 1. The Labute approximate surface area is 114 Å². The number of carbonyl (C=O) groups excluding carboxylic acids is 1. The smallest absolute Gasteiger partial charge is 0.270 e. The number of aromatic nitrogens is 2. The molecule has 4 nitrogen and oxygen atoms in total. The molecule has 5 heteroatoms. The number of hydrogen-bond donors (Lipinski definition) is 1. The van der Waals surface area contributed by atoms with Crippen LogP contribution in [-0.4, -0.2) is 34.4 Å². The normalized spacial score (nSPS) is 10.3. The van der Waals surface area contributed by atoms with Crippen LogP contribution in [0.3, 0.4) is 0 Å². The van der Waals surface area contributed by atoms with E-state index >= 15 is 0 Å². The molecule has 0 aliphatic carbocycles. The molecule has 18 heavy (non-hydrogen) atoms. The Bertz CT molecular complexity index is 524.